The summed E-state index contributed by atoms with van der Waals surface area (Å²) in [5, 5.41) is 0. The van der Waals surface area contributed by atoms with Crippen molar-refractivity contribution >= 4 is 11.6 Å². The summed E-state index contributed by atoms with van der Waals surface area (Å²) in [6.07, 6.45) is 21.5. The van der Waals surface area contributed by atoms with E-state index in [0.29, 0.717) is 42.7 Å². The number of fused-ring (bicyclic) bond motifs is 1. The Kier molecular flexibility index (Phi) is 11.5. The van der Waals surface area contributed by atoms with Crippen molar-refractivity contribution in [1.29, 1.82) is 0 Å². The minimum Gasteiger partial charge on any atom is -0.377 e. The van der Waals surface area contributed by atoms with Crippen LogP contribution in [0.3, 0.4) is 0 Å². The molecule has 0 aliphatic heterocycles. The minimum atomic E-state index is -0.408. The highest BCUT2D eigenvalue weighted by atomic mass is 16.5. The maximum Gasteiger partial charge on any atom is 0.139 e. The predicted molar refractivity (Wildman–Crippen MR) is 165 cm³/mol. The lowest BCUT2D eigenvalue weighted by Gasteiger charge is -2.40. The van der Waals surface area contributed by atoms with Crippen LogP contribution in [0.2, 0.25) is 0 Å². The molecule has 8 atom stereocenters. The lowest BCUT2D eigenvalue weighted by Crippen LogP contribution is -2.35. The van der Waals surface area contributed by atoms with Crippen LogP contribution >= 0.6 is 0 Å². The normalized spacial score (nSPS) is 33.2. The van der Waals surface area contributed by atoms with Crippen molar-refractivity contribution < 1.29 is 14.3 Å². The zero-order valence-electron chi connectivity index (χ0n) is 26.3. The fraction of sp³-hybridized carbons (Fsp3) is 0.811. The molecule has 3 heteroatoms. The van der Waals surface area contributed by atoms with Crippen LogP contribution in [0.5, 0.6) is 0 Å². The van der Waals surface area contributed by atoms with Crippen LogP contribution in [0, 0.1) is 40.9 Å². The van der Waals surface area contributed by atoms with Gasteiger partial charge in [-0.3, -0.25) is 9.59 Å². The van der Waals surface area contributed by atoms with E-state index in [9.17, 15) is 9.59 Å². The predicted octanol–water partition coefficient (Wildman–Crippen LogP) is 9.60. The number of hydrogen-bond donors (Lipinski definition) is 0. The first-order chi connectivity index (χ1) is 19.3. The van der Waals surface area contributed by atoms with Gasteiger partial charge in [-0.15, -0.1) is 5.73 Å². The number of ketones is 2. The highest BCUT2D eigenvalue weighted by molar-refractivity contribution is 5.86. The van der Waals surface area contributed by atoms with Crippen molar-refractivity contribution in [3.05, 3.63) is 29.5 Å². The largest absolute Gasteiger partial charge is 0.377 e. The van der Waals surface area contributed by atoms with Gasteiger partial charge in [-0.05, 0) is 105 Å². The molecule has 3 saturated carbocycles. The number of carbonyl (C=O) groups is 2. The van der Waals surface area contributed by atoms with Gasteiger partial charge in [-0.25, -0.2) is 0 Å². The quantitative estimate of drug-likeness (QED) is 0.151. The summed E-state index contributed by atoms with van der Waals surface area (Å²) in [6, 6.07) is 0. The van der Waals surface area contributed by atoms with E-state index in [1.807, 2.05) is 7.11 Å². The van der Waals surface area contributed by atoms with Crippen LogP contribution in [0.1, 0.15) is 136 Å². The van der Waals surface area contributed by atoms with E-state index in [-0.39, 0.29) is 12.0 Å². The van der Waals surface area contributed by atoms with Gasteiger partial charge in [0.25, 0.3) is 0 Å². The topological polar surface area (TPSA) is 43.4 Å². The van der Waals surface area contributed by atoms with E-state index in [0.717, 1.165) is 69.1 Å². The van der Waals surface area contributed by atoms with E-state index in [1.165, 1.54) is 56.1 Å². The third-order valence-corrected chi connectivity index (χ3v) is 11.4. The van der Waals surface area contributed by atoms with Crippen LogP contribution in [0.25, 0.3) is 0 Å². The molecule has 224 valence electrons. The molecule has 40 heavy (non-hydrogen) atoms. The van der Waals surface area contributed by atoms with E-state index in [2.05, 4.69) is 39.2 Å². The highest BCUT2D eigenvalue weighted by Gasteiger charge is 2.42. The molecule has 0 radical (unpaired) electrons. The average molecular weight is 551 g/mol. The summed E-state index contributed by atoms with van der Waals surface area (Å²) in [4.78, 5) is 27.2. The number of hydrogen-bond acceptors (Lipinski definition) is 3. The molecule has 0 saturated heterocycles. The van der Waals surface area contributed by atoms with E-state index in [4.69, 9.17) is 4.74 Å². The summed E-state index contributed by atoms with van der Waals surface area (Å²) in [5.74, 6) is 4.54. The molecule has 0 aromatic carbocycles. The number of methoxy groups -OCH3 is 1. The Morgan fingerprint density at radius 1 is 1.07 bits per heavy atom. The monoisotopic (exact) mass is 550 g/mol. The van der Waals surface area contributed by atoms with Gasteiger partial charge in [0.05, 0.1) is 6.10 Å². The van der Waals surface area contributed by atoms with Crippen LogP contribution in [-0.2, 0) is 14.3 Å². The van der Waals surface area contributed by atoms with Crippen LogP contribution < -0.4 is 0 Å². The molecule has 0 amide bonds. The third kappa shape index (κ3) is 7.89. The van der Waals surface area contributed by atoms with Crippen LogP contribution in [0.15, 0.2) is 29.5 Å². The van der Waals surface area contributed by atoms with Crippen LogP contribution in [-0.4, -0.2) is 24.8 Å². The molecule has 4 aliphatic carbocycles. The van der Waals surface area contributed by atoms with Crippen molar-refractivity contribution in [2.75, 3.05) is 7.11 Å². The maximum atomic E-state index is 13.9. The van der Waals surface area contributed by atoms with Crippen molar-refractivity contribution in [3.63, 3.8) is 0 Å². The van der Waals surface area contributed by atoms with Crippen molar-refractivity contribution in [1.82, 2.24) is 0 Å². The molecule has 0 N–H and O–H groups in total. The SMILES string of the molecule is C=C=C(CCC)CC(C)(CCC1CC=C(C2CC2C)C(OC)C1)C(=O)CCCC(=O)C1CCCC2CCCCC21. The Hall–Kier alpha value is -1.44. The van der Waals surface area contributed by atoms with Gasteiger partial charge in [0.1, 0.15) is 11.6 Å². The molecule has 0 heterocycles. The number of allylic oxidation sites excluding steroid dienone is 2. The van der Waals surface area contributed by atoms with Gasteiger partial charge < -0.3 is 4.74 Å². The highest BCUT2D eigenvalue weighted by Crippen LogP contribution is 2.49. The van der Waals surface area contributed by atoms with Gasteiger partial charge in [0, 0.05) is 31.3 Å². The van der Waals surface area contributed by atoms with Gasteiger partial charge in [-0.1, -0.05) is 72.0 Å². The zero-order chi connectivity index (χ0) is 28.7. The van der Waals surface area contributed by atoms with Gasteiger partial charge >= 0.3 is 0 Å². The molecule has 3 fully saturated rings. The maximum absolute atomic E-state index is 13.9. The fourth-order valence-electron chi connectivity index (χ4n) is 8.72. The standard InChI is InChI=1S/C37H58O3/c1-6-12-27(7-2)25-37(4,22-21-28-19-20-32(33-23-26(33)3)35(24-28)40-5)36(39)18-11-17-34(38)31-16-10-14-29-13-8-9-15-30(29)31/h20,26,28-31,33,35H,2,6,8-19,21-25H2,1,3-5H3. The first kappa shape index (κ1) is 31.5. The smallest absolute Gasteiger partial charge is 0.139 e. The Labute approximate surface area is 245 Å². The molecule has 0 bridgehead atoms. The first-order valence-electron chi connectivity index (χ1n) is 17.0. The van der Waals surface area contributed by atoms with Crippen LogP contribution in [0.4, 0.5) is 0 Å². The molecular weight excluding hydrogens is 492 g/mol. The van der Waals surface area contributed by atoms with Gasteiger partial charge in [0.2, 0.25) is 0 Å². The third-order valence-electron chi connectivity index (χ3n) is 11.4. The molecular formula is C37H58O3. The number of carbonyl (C=O) groups excluding carboxylic acids is 2. The summed E-state index contributed by atoms with van der Waals surface area (Å²) in [7, 11) is 1.86. The first-order valence-corrected chi connectivity index (χ1v) is 17.0. The number of ether oxygens (including phenoxy) is 1. The van der Waals surface area contributed by atoms with Gasteiger partial charge in [0.15, 0.2) is 0 Å². The van der Waals surface area contributed by atoms with E-state index < -0.39 is 5.41 Å². The lowest BCUT2D eigenvalue weighted by molar-refractivity contribution is -0.129. The van der Waals surface area contributed by atoms with Crippen molar-refractivity contribution in [2.45, 2.75) is 142 Å². The molecule has 4 aliphatic rings. The second-order valence-electron chi connectivity index (χ2n) is 14.4. The minimum absolute atomic E-state index is 0.244. The number of Topliss-reactive ketones (excluding diaryl/α,β-unsaturated/α-hetero) is 2. The zero-order valence-corrected chi connectivity index (χ0v) is 26.3. The van der Waals surface area contributed by atoms with Crippen molar-refractivity contribution in [3.8, 4) is 0 Å². The summed E-state index contributed by atoms with van der Waals surface area (Å²) in [5.41, 5.74) is 5.48. The molecule has 0 spiro atoms. The molecule has 0 aromatic rings. The molecule has 4 rings (SSSR count). The van der Waals surface area contributed by atoms with E-state index >= 15 is 0 Å². The lowest BCUT2D eigenvalue weighted by atomic mass is 9.64. The Balaban J connectivity index is 1.34. The molecule has 3 nitrogen and oxygen atoms in total. The fourth-order valence-corrected chi connectivity index (χ4v) is 8.72. The summed E-state index contributed by atoms with van der Waals surface area (Å²) < 4.78 is 5.95. The summed E-state index contributed by atoms with van der Waals surface area (Å²) in [6.45, 7) is 10.7. The molecule has 8 unspecified atom stereocenters. The second-order valence-corrected chi connectivity index (χ2v) is 14.4. The van der Waals surface area contributed by atoms with Crippen molar-refractivity contribution in [2.24, 2.45) is 40.9 Å². The average Bonchev–Trinajstić information content (AvgIpc) is 3.71. The Morgan fingerprint density at radius 3 is 2.52 bits per heavy atom. The second kappa shape index (κ2) is 14.6. The van der Waals surface area contributed by atoms with E-state index in [1.54, 1.807) is 0 Å². The number of rotatable bonds is 15. The molecule has 0 aromatic heterocycles. The van der Waals surface area contributed by atoms with Gasteiger partial charge in [-0.2, -0.15) is 0 Å². The Bertz CT molecular complexity index is 952. The summed E-state index contributed by atoms with van der Waals surface area (Å²) >= 11 is 0. The Morgan fingerprint density at radius 2 is 1.82 bits per heavy atom.